The molecular formula is C17H16BrNO2. The number of carbonyl (C=O) groups is 1. The fourth-order valence-electron chi connectivity index (χ4n) is 2.74. The number of halogens is 1. The van der Waals surface area contributed by atoms with E-state index in [1.807, 2.05) is 30.3 Å². The van der Waals surface area contributed by atoms with Crippen LogP contribution in [0.1, 0.15) is 34.7 Å². The van der Waals surface area contributed by atoms with Gasteiger partial charge in [-0.2, -0.15) is 0 Å². The Kier molecular flexibility index (Phi) is 3.97. The summed E-state index contributed by atoms with van der Waals surface area (Å²) in [5.41, 5.74) is 8.19. The molecule has 1 atom stereocenters. The van der Waals surface area contributed by atoms with Crippen molar-refractivity contribution in [3.8, 4) is 5.75 Å². The molecule has 0 amide bonds. The van der Waals surface area contributed by atoms with Crippen molar-refractivity contribution in [3.05, 3.63) is 58.1 Å². The van der Waals surface area contributed by atoms with Crippen LogP contribution < -0.4 is 10.5 Å². The predicted molar refractivity (Wildman–Crippen MR) is 86.8 cm³/mol. The number of anilines is 1. The van der Waals surface area contributed by atoms with E-state index in [9.17, 15) is 4.79 Å². The minimum atomic E-state index is 0.115. The summed E-state index contributed by atoms with van der Waals surface area (Å²) in [5.74, 6) is 1.22. The molecule has 1 aliphatic heterocycles. The number of ether oxygens (including phenoxy) is 1. The SMILES string of the molecule is Nc1cc(Br)cc(C(=O)CC2CCOc3ccccc32)c1. The number of Topliss-reactive ketones (excluding diaryl/α,β-unsaturated/α-hetero) is 1. The zero-order valence-corrected chi connectivity index (χ0v) is 13.1. The molecule has 0 bridgehead atoms. The molecular weight excluding hydrogens is 330 g/mol. The first-order valence-electron chi connectivity index (χ1n) is 6.94. The van der Waals surface area contributed by atoms with E-state index in [-0.39, 0.29) is 11.7 Å². The lowest BCUT2D eigenvalue weighted by Gasteiger charge is -2.25. The van der Waals surface area contributed by atoms with E-state index < -0.39 is 0 Å². The number of hydrogen-bond donors (Lipinski definition) is 1. The van der Waals surface area contributed by atoms with Crippen LogP contribution in [0.4, 0.5) is 5.69 Å². The van der Waals surface area contributed by atoms with Crippen LogP contribution in [0.15, 0.2) is 46.9 Å². The van der Waals surface area contributed by atoms with Gasteiger partial charge in [0, 0.05) is 22.1 Å². The van der Waals surface area contributed by atoms with Crippen LogP contribution in [0.25, 0.3) is 0 Å². The molecule has 0 aliphatic carbocycles. The number of nitrogen functional groups attached to an aromatic ring is 1. The maximum Gasteiger partial charge on any atom is 0.163 e. The second-order valence-electron chi connectivity index (χ2n) is 5.27. The average Bonchev–Trinajstić information content (AvgIpc) is 2.46. The Bertz CT molecular complexity index is 664. The van der Waals surface area contributed by atoms with Crippen LogP contribution in [0, 0.1) is 0 Å². The molecule has 21 heavy (non-hydrogen) atoms. The Morgan fingerprint density at radius 3 is 2.90 bits per heavy atom. The molecule has 0 aromatic heterocycles. The van der Waals surface area contributed by atoms with Gasteiger partial charge >= 0.3 is 0 Å². The maximum atomic E-state index is 12.5. The van der Waals surface area contributed by atoms with Gasteiger partial charge in [-0.25, -0.2) is 0 Å². The number of ketones is 1. The van der Waals surface area contributed by atoms with Crippen molar-refractivity contribution in [2.45, 2.75) is 18.8 Å². The summed E-state index contributed by atoms with van der Waals surface area (Å²) in [6, 6.07) is 13.3. The van der Waals surface area contributed by atoms with Crippen LogP contribution in [0.2, 0.25) is 0 Å². The lowest BCUT2D eigenvalue weighted by Crippen LogP contribution is -2.17. The molecule has 0 spiro atoms. The fourth-order valence-corrected chi connectivity index (χ4v) is 3.25. The fraction of sp³-hybridized carbons (Fsp3) is 0.235. The van der Waals surface area contributed by atoms with Gasteiger partial charge in [0.1, 0.15) is 5.75 Å². The molecule has 0 radical (unpaired) electrons. The molecule has 1 unspecified atom stereocenters. The van der Waals surface area contributed by atoms with Crippen LogP contribution in [-0.2, 0) is 0 Å². The average molecular weight is 346 g/mol. The summed E-state index contributed by atoms with van der Waals surface area (Å²) in [5, 5.41) is 0. The molecule has 0 saturated heterocycles. The van der Waals surface area contributed by atoms with E-state index in [1.54, 1.807) is 12.1 Å². The summed E-state index contributed by atoms with van der Waals surface area (Å²) in [7, 11) is 0. The van der Waals surface area contributed by atoms with Crippen molar-refractivity contribution in [2.75, 3.05) is 12.3 Å². The molecule has 2 N–H and O–H groups in total. The van der Waals surface area contributed by atoms with Gasteiger partial charge in [-0.05, 0) is 42.2 Å². The normalized spacial score (nSPS) is 16.9. The standard InChI is InChI=1S/C17H16BrNO2/c18-13-7-12(8-14(19)10-13)16(20)9-11-5-6-21-17-4-2-1-3-15(11)17/h1-4,7-8,10-11H,5-6,9,19H2. The number of fused-ring (bicyclic) bond motifs is 1. The summed E-state index contributed by atoms with van der Waals surface area (Å²) in [4.78, 5) is 12.5. The second-order valence-corrected chi connectivity index (χ2v) is 6.19. The minimum absolute atomic E-state index is 0.115. The largest absolute Gasteiger partial charge is 0.493 e. The third-order valence-corrected chi connectivity index (χ3v) is 4.21. The highest BCUT2D eigenvalue weighted by atomic mass is 79.9. The van der Waals surface area contributed by atoms with Crippen molar-refractivity contribution in [1.82, 2.24) is 0 Å². The summed E-state index contributed by atoms with van der Waals surface area (Å²) in [6.07, 6.45) is 1.35. The van der Waals surface area contributed by atoms with Crippen molar-refractivity contribution in [1.29, 1.82) is 0 Å². The molecule has 3 rings (SSSR count). The summed E-state index contributed by atoms with van der Waals surface area (Å²) < 4.78 is 6.47. The number of carbonyl (C=O) groups excluding carboxylic acids is 1. The Morgan fingerprint density at radius 2 is 2.10 bits per heavy atom. The zero-order valence-electron chi connectivity index (χ0n) is 11.5. The van der Waals surface area contributed by atoms with Gasteiger partial charge in [-0.1, -0.05) is 34.1 Å². The molecule has 0 saturated carbocycles. The lowest BCUT2D eigenvalue weighted by molar-refractivity contribution is 0.0966. The quantitative estimate of drug-likeness (QED) is 0.670. The first-order valence-corrected chi connectivity index (χ1v) is 7.74. The predicted octanol–water partition coefficient (Wildman–Crippen LogP) is 4.17. The molecule has 1 aliphatic rings. The topological polar surface area (TPSA) is 52.3 Å². The lowest BCUT2D eigenvalue weighted by atomic mass is 9.87. The molecule has 2 aromatic carbocycles. The zero-order chi connectivity index (χ0) is 14.8. The Labute approximate surface area is 132 Å². The van der Waals surface area contributed by atoms with Gasteiger partial charge in [0.15, 0.2) is 5.78 Å². The smallest absolute Gasteiger partial charge is 0.163 e. The molecule has 4 heteroatoms. The van der Waals surface area contributed by atoms with Gasteiger partial charge < -0.3 is 10.5 Å². The molecule has 3 nitrogen and oxygen atoms in total. The summed E-state index contributed by atoms with van der Waals surface area (Å²) >= 11 is 3.38. The van der Waals surface area contributed by atoms with Crippen LogP contribution in [0.5, 0.6) is 5.75 Å². The highest BCUT2D eigenvalue weighted by Crippen LogP contribution is 2.36. The second kappa shape index (κ2) is 5.90. The third-order valence-electron chi connectivity index (χ3n) is 3.76. The van der Waals surface area contributed by atoms with Crippen molar-refractivity contribution < 1.29 is 9.53 Å². The van der Waals surface area contributed by atoms with Crippen LogP contribution >= 0.6 is 15.9 Å². The van der Waals surface area contributed by atoms with E-state index in [0.717, 1.165) is 22.2 Å². The van der Waals surface area contributed by atoms with E-state index >= 15 is 0 Å². The number of nitrogens with two attached hydrogens (primary N) is 1. The summed E-state index contributed by atoms with van der Waals surface area (Å²) in [6.45, 7) is 0.662. The van der Waals surface area contributed by atoms with Gasteiger partial charge in [-0.15, -0.1) is 0 Å². The van der Waals surface area contributed by atoms with Crippen molar-refractivity contribution in [2.24, 2.45) is 0 Å². The number of hydrogen-bond acceptors (Lipinski definition) is 3. The third kappa shape index (κ3) is 3.10. The first kappa shape index (κ1) is 14.1. The van der Waals surface area contributed by atoms with Crippen LogP contribution in [0.3, 0.4) is 0 Å². The van der Waals surface area contributed by atoms with E-state index in [2.05, 4.69) is 15.9 Å². The van der Waals surface area contributed by atoms with Crippen molar-refractivity contribution >= 4 is 27.4 Å². The van der Waals surface area contributed by atoms with E-state index in [0.29, 0.717) is 24.3 Å². The van der Waals surface area contributed by atoms with E-state index in [1.165, 1.54) is 0 Å². The van der Waals surface area contributed by atoms with E-state index in [4.69, 9.17) is 10.5 Å². The highest BCUT2D eigenvalue weighted by Gasteiger charge is 2.24. The minimum Gasteiger partial charge on any atom is -0.493 e. The molecule has 108 valence electrons. The Balaban J connectivity index is 1.82. The van der Waals surface area contributed by atoms with Crippen molar-refractivity contribution in [3.63, 3.8) is 0 Å². The number of para-hydroxylation sites is 1. The monoisotopic (exact) mass is 345 g/mol. The van der Waals surface area contributed by atoms with Gasteiger partial charge in [0.05, 0.1) is 6.61 Å². The first-order chi connectivity index (χ1) is 10.1. The number of rotatable bonds is 3. The van der Waals surface area contributed by atoms with Gasteiger partial charge in [0.2, 0.25) is 0 Å². The number of benzene rings is 2. The Hall–Kier alpha value is -1.81. The van der Waals surface area contributed by atoms with Gasteiger partial charge in [0.25, 0.3) is 0 Å². The van der Waals surface area contributed by atoms with Gasteiger partial charge in [-0.3, -0.25) is 4.79 Å². The molecule has 2 aromatic rings. The molecule has 0 fully saturated rings. The van der Waals surface area contributed by atoms with Crippen LogP contribution in [-0.4, -0.2) is 12.4 Å². The Morgan fingerprint density at radius 1 is 1.29 bits per heavy atom. The maximum absolute atomic E-state index is 12.5. The molecule has 1 heterocycles. The highest BCUT2D eigenvalue weighted by molar-refractivity contribution is 9.10.